The Morgan fingerprint density at radius 2 is 2.05 bits per heavy atom. The lowest BCUT2D eigenvalue weighted by atomic mass is 10.2. The monoisotopic (exact) mass is 280 g/mol. The van der Waals surface area contributed by atoms with Gasteiger partial charge in [0.25, 0.3) is 0 Å². The third-order valence-electron chi connectivity index (χ3n) is 3.02. The lowest BCUT2D eigenvalue weighted by Crippen LogP contribution is -2.17. The van der Waals surface area contributed by atoms with Crippen molar-refractivity contribution < 1.29 is 9.47 Å². The van der Waals surface area contributed by atoms with Crippen LogP contribution in [0.5, 0.6) is 11.5 Å². The summed E-state index contributed by atoms with van der Waals surface area (Å²) in [5, 5.41) is 3.41. The molecule has 0 heterocycles. The molecule has 0 atom stereocenters. The molecule has 0 spiro atoms. The maximum Gasteiger partial charge on any atom is 0.127 e. The van der Waals surface area contributed by atoms with Crippen molar-refractivity contribution in [1.29, 1.82) is 0 Å². The summed E-state index contributed by atoms with van der Waals surface area (Å²) in [6, 6.07) is 6.02. The number of hydrogen-bond donors (Lipinski definition) is 1. The first kappa shape index (κ1) is 16.8. The topological polar surface area (TPSA) is 33.7 Å². The fourth-order valence-corrected chi connectivity index (χ4v) is 1.90. The third kappa shape index (κ3) is 6.26. The van der Waals surface area contributed by atoms with Crippen LogP contribution in [0.25, 0.3) is 0 Å². The van der Waals surface area contributed by atoms with E-state index in [1.807, 2.05) is 12.1 Å². The first-order chi connectivity index (χ1) is 9.67. The fraction of sp³-hybridized carbons (Fsp3) is 0.625. The van der Waals surface area contributed by atoms with Crippen LogP contribution in [-0.4, -0.2) is 45.8 Å². The van der Waals surface area contributed by atoms with Crippen LogP contribution in [0.3, 0.4) is 0 Å². The van der Waals surface area contributed by atoms with Crippen molar-refractivity contribution in [2.45, 2.75) is 26.3 Å². The van der Waals surface area contributed by atoms with E-state index in [2.05, 4.69) is 37.3 Å². The van der Waals surface area contributed by atoms with Gasteiger partial charge in [-0.15, -0.1) is 0 Å². The first-order valence-corrected chi connectivity index (χ1v) is 7.32. The van der Waals surface area contributed by atoms with E-state index in [-0.39, 0.29) is 0 Å². The summed E-state index contributed by atoms with van der Waals surface area (Å²) in [5.74, 6) is 1.76. The number of nitrogens with one attached hydrogen (secondary N) is 1. The van der Waals surface area contributed by atoms with E-state index in [1.54, 1.807) is 7.11 Å². The Morgan fingerprint density at radius 1 is 1.25 bits per heavy atom. The Bertz CT molecular complexity index is 381. The summed E-state index contributed by atoms with van der Waals surface area (Å²) < 4.78 is 11.2. The molecular weight excluding hydrogens is 252 g/mol. The number of ether oxygens (including phenoxy) is 2. The molecule has 1 aromatic carbocycles. The molecule has 0 aliphatic carbocycles. The zero-order valence-corrected chi connectivity index (χ0v) is 13.2. The first-order valence-electron chi connectivity index (χ1n) is 7.32. The third-order valence-corrected chi connectivity index (χ3v) is 3.02. The molecule has 1 rings (SSSR count). The number of benzene rings is 1. The molecule has 114 valence electrons. The maximum absolute atomic E-state index is 5.91. The summed E-state index contributed by atoms with van der Waals surface area (Å²) in [6.07, 6.45) is 2.15. The van der Waals surface area contributed by atoms with E-state index in [0.29, 0.717) is 0 Å². The summed E-state index contributed by atoms with van der Waals surface area (Å²) in [7, 11) is 5.83. The van der Waals surface area contributed by atoms with E-state index >= 15 is 0 Å². The number of methoxy groups -OCH3 is 1. The largest absolute Gasteiger partial charge is 0.497 e. The number of hydrogen-bond acceptors (Lipinski definition) is 4. The molecule has 0 radical (unpaired) electrons. The summed E-state index contributed by atoms with van der Waals surface area (Å²) in [5.41, 5.74) is 1.18. The van der Waals surface area contributed by atoms with Gasteiger partial charge in [0, 0.05) is 24.7 Å². The molecule has 0 fully saturated rings. The van der Waals surface area contributed by atoms with Crippen molar-refractivity contribution in [2.75, 3.05) is 40.9 Å². The average molecular weight is 280 g/mol. The van der Waals surface area contributed by atoms with E-state index in [4.69, 9.17) is 9.47 Å². The minimum Gasteiger partial charge on any atom is -0.497 e. The lowest BCUT2D eigenvalue weighted by Gasteiger charge is -2.15. The Balaban J connectivity index is 2.58. The Labute approximate surface area is 123 Å². The molecule has 1 aromatic rings. The molecule has 0 aromatic heterocycles. The minimum atomic E-state index is 0.728. The second-order valence-corrected chi connectivity index (χ2v) is 5.16. The van der Waals surface area contributed by atoms with Gasteiger partial charge in [0.05, 0.1) is 13.7 Å². The highest BCUT2D eigenvalue weighted by Crippen LogP contribution is 2.25. The lowest BCUT2D eigenvalue weighted by molar-refractivity contribution is 0.277. The highest BCUT2D eigenvalue weighted by Gasteiger charge is 2.06. The minimum absolute atomic E-state index is 0.728. The summed E-state index contributed by atoms with van der Waals surface area (Å²) >= 11 is 0. The molecule has 0 bridgehead atoms. The highest BCUT2D eigenvalue weighted by molar-refractivity contribution is 5.40. The van der Waals surface area contributed by atoms with Gasteiger partial charge in [-0.1, -0.05) is 13.0 Å². The van der Waals surface area contributed by atoms with Gasteiger partial charge >= 0.3 is 0 Å². The van der Waals surface area contributed by atoms with Crippen LogP contribution in [0.15, 0.2) is 18.2 Å². The molecule has 0 saturated carbocycles. The van der Waals surface area contributed by atoms with Gasteiger partial charge < -0.3 is 19.7 Å². The zero-order chi connectivity index (χ0) is 14.8. The van der Waals surface area contributed by atoms with E-state index < -0.39 is 0 Å². The highest BCUT2D eigenvalue weighted by atomic mass is 16.5. The fourth-order valence-electron chi connectivity index (χ4n) is 1.90. The number of nitrogens with zero attached hydrogens (tertiary/aromatic N) is 1. The molecule has 0 amide bonds. The molecular formula is C16H28N2O2. The van der Waals surface area contributed by atoms with E-state index in [9.17, 15) is 0 Å². The molecule has 0 unspecified atom stereocenters. The van der Waals surface area contributed by atoms with Crippen LogP contribution < -0.4 is 14.8 Å². The Kier molecular flexibility index (Phi) is 8.07. The molecule has 20 heavy (non-hydrogen) atoms. The molecule has 0 saturated heterocycles. The van der Waals surface area contributed by atoms with Crippen LogP contribution in [0, 0.1) is 0 Å². The smallest absolute Gasteiger partial charge is 0.127 e. The number of rotatable bonds is 10. The normalized spacial score (nSPS) is 10.8. The van der Waals surface area contributed by atoms with Gasteiger partial charge in [0.1, 0.15) is 11.5 Å². The molecule has 0 aliphatic rings. The van der Waals surface area contributed by atoms with Crippen LogP contribution >= 0.6 is 0 Å². The Morgan fingerprint density at radius 3 is 2.70 bits per heavy atom. The second kappa shape index (κ2) is 9.61. The van der Waals surface area contributed by atoms with Gasteiger partial charge in [-0.3, -0.25) is 0 Å². The Hall–Kier alpha value is -1.26. The van der Waals surface area contributed by atoms with E-state index in [1.165, 1.54) is 5.56 Å². The van der Waals surface area contributed by atoms with Crippen LogP contribution in [0.1, 0.15) is 25.3 Å². The van der Waals surface area contributed by atoms with Gasteiger partial charge in [-0.25, -0.2) is 0 Å². The molecule has 0 aliphatic heterocycles. The average Bonchev–Trinajstić information content (AvgIpc) is 2.44. The quantitative estimate of drug-likeness (QED) is 0.668. The summed E-state index contributed by atoms with van der Waals surface area (Å²) in [4.78, 5) is 2.17. The van der Waals surface area contributed by atoms with E-state index in [0.717, 1.165) is 50.6 Å². The summed E-state index contributed by atoms with van der Waals surface area (Å²) in [6.45, 7) is 5.78. The standard InChI is InChI=1S/C16H28N2O2/c1-5-9-17-13-14-7-8-15(19-4)12-16(14)20-11-6-10-18(2)3/h7-8,12,17H,5-6,9-11,13H2,1-4H3. The maximum atomic E-state index is 5.91. The predicted octanol–water partition coefficient (Wildman–Crippen LogP) is 2.53. The second-order valence-electron chi connectivity index (χ2n) is 5.16. The van der Waals surface area contributed by atoms with Crippen molar-refractivity contribution in [3.8, 4) is 11.5 Å². The molecule has 1 N–H and O–H groups in total. The van der Waals surface area contributed by atoms with Gasteiger partial charge in [0.15, 0.2) is 0 Å². The molecule has 4 nitrogen and oxygen atoms in total. The van der Waals surface area contributed by atoms with Crippen molar-refractivity contribution in [2.24, 2.45) is 0 Å². The van der Waals surface area contributed by atoms with Crippen LogP contribution in [-0.2, 0) is 6.54 Å². The predicted molar refractivity (Wildman–Crippen MR) is 83.7 cm³/mol. The van der Waals surface area contributed by atoms with Gasteiger partial charge in [0.2, 0.25) is 0 Å². The van der Waals surface area contributed by atoms with Crippen molar-refractivity contribution in [1.82, 2.24) is 10.2 Å². The molecule has 4 heteroatoms. The van der Waals surface area contributed by atoms with Gasteiger partial charge in [-0.05, 0) is 39.5 Å². The van der Waals surface area contributed by atoms with Gasteiger partial charge in [-0.2, -0.15) is 0 Å². The SMILES string of the molecule is CCCNCc1ccc(OC)cc1OCCCN(C)C. The zero-order valence-electron chi connectivity index (χ0n) is 13.2. The van der Waals surface area contributed by atoms with Crippen molar-refractivity contribution in [3.05, 3.63) is 23.8 Å². The van der Waals surface area contributed by atoms with Crippen LogP contribution in [0.2, 0.25) is 0 Å². The van der Waals surface area contributed by atoms with Crippen LogP contribution in [0.4, 0.5) is 0 Å². The van der Waals surface area contributed by atoms with Crippen molar-refractivity contribution in [3.63, 3.8) is 0 Å². The van der Waals surface area contributed by atoms with Crippen molar-refractivity contribution >= 4 is 0 Å².